The number of sulfone groups is 1. The molecule has 24 heavy (non-hydrogen) atoms. The van der Waals surface area contributed by atoms with Crippen LogP contribution >= 0.6 is 0 Å². The van der Waals surface area contributed by atoms with Crippen molar-refractivity contribution in [3.05, 3.63) is 59.9 Å². The molecule has 0 saturated carbocycles. The first-order valence-corrected chi connectivity index (χ1v) is 9.60. The van der Waals surface area contributed by atoms with E-state index in [0.717, 1.165) is 5.69 Å². The van der Waals surface area contributed by atoms with Crippen molar-refractivity contribution < 1.29 is 17.5 Å². The third-order valence-electron chi connectivity index (χ3n) is 4.26. The first-order chi connectivity index (χ1) is 11.5. The van der Waals surface area contributed by atoms with Crippen LogP contribution in [0.15, 0.2) is 53.4 Å². The highest BCUT2D eigenvalue weighted by Crippen LogP contribution is 2.28. The lowest BCUT2D eigenvalue weighted by Crippen LogP contribution is -2.38. The van der Waals surface area contributed by atoms with Gasteiger partial charge in [0.05, 0.1) is 17.3 Å². The van der Waals surface area contributed by atoms with E-state index < -0.39 is 9.84 Å². The zero-order valence-corrected chi connectivity index (χ0v) is 14.3. The molecule has 1 fully saturated rings. The van der Waals surface area contributed by atoms with Crippen molar-refractivity contribution in [3.8, 4) is 0 Å². The molecule has 4 nitrogen and oxygen atoms in total. The Kier molecular flexibility index (Phi) is 4.87. The van der Waals surface area contributed by atoms with Gasteiger partial charge in [0.2, 0.25) is 0 Å². The van der Waals surface area contributed by atoms with Crippen LogP contribution in [0.5, 0.6) is 0 Å². The van der Waals surface area contributed by atoms with Crippen molar-refractivity contribution in [1.29, 1.82) is 0 Å². The number of morpholine rings is 1. The molecule has 0 aromatic heterocycles. The van der Waals surface area contributed by atoms with E-state index in [1.165, 1.54) is 6.07 Å². The minimum absolute atomic E-state index is 0.0826. The molecule has 0 spiro atoms. The Morgan fingerprint density at radius 1 is 1.17 bits per heavy atom. The molecule has 0 amide bonds. The fraction of sp³-hybridized carbons (Fsp3) is 0.333. The van der Waals surface area contributed by atoms with E-state index in [4.69, 9.17) is 4.74 Å². The molecular formula is C18H20FNO3S. The van der Waals surface area contributed by atoms with Crippen molar-refractivity contribution in [2.75, 3.05) is 30.3 Å². The summed E-state index contributed by atoms with van der Waals surface area (Å²) in [6, 6.07) is 13.5. The van der Waals surface area contributed by atoms with Crippen LogP contribution in [0.2, 0.25) is 0 Å². The van der Waals surface area contributed by atoms with Crippen LogP contribution in [0.1, 0.15) is 18.6 Å². The topological polar surface area (TPSA) is 46.6 Å². The molecular weight excluding hydrogens is 329 g/mol. The molecule has 1 heterocycles. The van der Waals surface area contributed by atoms with Gasteiger partial charge in [-0.15, -0.1) is 0 Å². The summed E-state index contributed by atoms with van der Waals surface area (Å²) in [7, 11) is -3.20. The first kappa shape index (κ1) is 16.9. The lowest BCUT2D eigenvalue weighted by atomic mass is 10.1. The summed E-state index contributed by atoms with van der Waals surface area (Å²) in [5.41, 5.74) is 1.46. The minimum Gasteiger partial charge on any atom is -0.370 e. The van der Waals surface area contributed by atoms with Crippen LogP contribution in [0.25, 0.3) is 0 Å². The number of hydrogen-bond acceptors (Lipinski definition) is 4. The summed E-state index contributed by atoms with van der Waals surface area (Å²) >= 11 is 0. The molecule has 2 aromatic carbocycles. The average Bonchev–Trinajstić information content (AvgIpc) is 2.62. The number of ether oxygens (including phenoxy) is 1. The first-order valence-electron chi connectivity index (χ1n) is 7.95. The van der Waals surface area contributed by atoms with E-state index in [9.17, 15) is 12.8 Å². The van der Waals surface area contributed by atoms with Gasteiger partial charge in [0.1, 0.15) is 11.9 Å². The molecule has 0 N–H and O–H groups in total. The Bertz CT molecular complexity index is 805. The molecule has 0 unspecified atom stereocenters. The van der Waals surface area contributed by atoms with E-state index in [1.54, 1.807) is 49.4 Å². The van der Waals surface area contributed by atoms with Gasteiger partial charge < -0.3 is 9.64 Å². The molecule has 3 rings (SSSR count). The van der Waals surface area contributed by atoms with E-state index >= 15 is 0 Å². The fourth-order valence-electron chi connectivity index (χ4n) is 2.84. The zero-order chi connectivity index (χ0) is 17.2. The fourth-order valence-corrected chi connectivity index (χ4v) is 3.72. The molecule has 1 aliphatic heterocycles. The van der Waals surface area contributed by atoms with E-state index in [2.05, 4.69) is 4.90 Å². The van der Waals surface area contributed by atoms with Gasteiger partial charge >= 0.3 is 0 Å². The van der Waals surface area contributed by atoms with Crippen molar-refractivity contribution in [2.24, 2.45) is 0 Å². The third kappa shape index (κ3) is 3.44. The minimum atomic E-state index is -3.20. The van der Waals surface area contributed by atoms with Crippen molar-refractivity contribution in [2.45, 2.75) is 17.9 Å². The monoisotopic (exact) mass is 349 g/mol. The number of anilines is 1. The second-order valence-corrected chi connectivity index (χ2v) is 8.00. The largest absolute Gasteiger partial charge is 0.370 e. The Balaban J connectivity index is 1.79. The second kappa shape index (κ2) is 6.91. The van der Waals surface area contributed by atoms with Gasteiger partial charge in [0.25, 0.3) is 0 Å². The Labute approximate surface area is 141 Å². The molecule has 1 aliphatic rings. The molecule has 0 radical (unpaired) electrons. The lowest BCUT2D eigenvalue weighted by Gasteiger charge is -2.35. The van der Waals surface area contributed by atoms with Gasteiger partial charge in [-0.1, -0.05) is 25.1 Å². The third-order valence-corrected chi connectivity index (χ3v) is 6.01. The highest BCUT2D eigenvalue weighted by Gasteiger charge is 2.24. The van der Waals surface area contributed by atoms with Gasteiger partial charge in [-0.2, -0.15) is 0 Å². The van der Waals surface area contributed by atoms with Gasteiger partial charge in [-0.3, -0.25) is 0 Å². The van der Waals surface area contributed by atoms with Crippen LogP contribution in [0, 0.1) is 5.82 Å². The average molecular weight is 349 g/mol. The Hall–Kier alpha value is -1.92. The number of hydrogen-bond donors (Lipinski definition) is 0. The Morgan fingerprint density at radius 2 is 1.88 bits per heavy atom. The highest BCUT2D eigenvalue weighted by atomic mass is 32.2. The van der Waals surface area contributed by atoms with Gasteiger partial charge in [-0.05, 0) is 30.3 Å². The predicted molar refractivity (Wildman–Crippen MR) is 91.5 cm³/mol. The smallest absolute Gasteiger partial charge is 0.178 e. The molecule has 1 saturated heterocycles. The summed E-state index contributed by atoms with van der Waals surface area (Å²) in [6.45, 7) is 3.34. The van der Waals surface area contributed by atoms with Crippen LogP contribution < -0.4 is 4.90 Å². The maximum atomic E-state index is 14.0. The second-order valence-electron chi connectivity index (χ2n) is 5.72. The van der Waals surface area contributed by atoms with Crippen molar-refractivity contribution in [3.63, 3.8) is 0 Å². The quantitative estimate of drug-likeness (QED) is 0.850. The van der Waals surface area contributed by atoms with Crippen LogP contribution in [0.3, 0.4) is 0 Å². The number of halogens is 1. The Morgan fingerprint density at radius 3 is 2.54 bits per heavy atom. The van der Waals surface area contributed by atoms with Crippen molar-refractivity contribution in [1.82, 2.24) is 0 Å². The highest BCUT2D eigenvalue weighted by molar-refractivity contribution is 7.91. The van der Waals surface area contributed by atoms with Gasteiger partial charge in [-0.25, -0.2) is 12.8 Å². The van der Waals surface area contributed by atoms with Gasteiger partial charge in [0.15, 0.2) is 9.84 Å². The summed E-state index contributed by atoms with van der Waals surface area (Å²) < 4.78 is 43.5. The van der Waals surface area contributed by atoms with Crippen LogP contribution in [0.4, 0.5) is 10.1 Å². The summed E-state index contributed by atoms with van der Waals surface area (Å²) in [5, 5.41) is 0. The van der Waals surface area contributed by atoms with Crippen LogP contribution in [-0.2, 0) is 14.6 Å². The maximum Gasteiger partial charge on any atom is 0.178 e. The molecule has 1 atom stereocenters. The summed E-state index contributed by atoms with van der Waals surface area (Å²) in [6.07, 6.45) is -0.334. The zero-order valence-electron chi connectivity index (χ0n) is 13.5. The molecule has 6 heteroatoms. The standard InChI is InChI=1S/C18H20FNO3S/c1-2-24(21,22)15-9-7-14(8-10-15)20-11-12-23-18(13-20)16-5-3-4-6-17(16)19/h3-10,18H,2,11-13H2,1H3/t18-/m0/s1. The molecule has 0 bridgehead atoms. The van der Waals surface area contributed by atoms with Gasteiger partial charge in [0, 0.05) is 24.3 Å². The lowest BCUT2D eigenvalue weighted by molar-refractivity contribution is 0.0375. The predicted octanol–water partition coefficient (Wildman–Crippen LogP) is 3.20. The maximum absolute atomic E-state index is 14.0. The number of nitrogens with zero attached hydrogens (tertiary/aromatic N) is 1. The van der Waals surface area contributed by atoms with E-state index in [0.29, 0.717) is 30.2 Å². The van der Waals surface area contributed by atoms with Crippen molar-refractivity contribution >= 4 is 15.5 Å². The molecule has 128 valence electrons. The number of rotatable bonds is 4. The summed E-state index contributed by atoms with van der Waals surface area (Å²) in [5.74, 6) is -0.187. The van der Waals surface area contributed by atoms with E-state index in [1.807, 2.05) is 0 Å². The summed E-state index contributed by atoms with van der Waals surface area (Å²) in [4.78, 5) is 2.41. The normalized spacial score (nSPS) is 18.6. The van der Waals surface area contributed by atoms with E-state index in [-0.39, 0.29) is 17.7 Å². The number of benzene rings is 2. The van der Waals surface area contributed by atoms with Crippen LogP contribution in [-0.4, -0.2) is 33.9 Å². The SMILES string of the molecule is CCS(=O)(=O)c1ccc(N2CCO[C@H](c3ccccc3F)C2)cc1. The molecule has 2 aromatic rings. The molecule has 0 aliphatic carbocycles.